The molecule has 0 aliphatic carbocycles. The Kier molecular flexibility index (Phi) is 5.48. The number of nitrogen functional groups attached to an aromatic ring is 1. The molecule has 0 aromatic carbocycles. The van der Waals surface area contributed by atoms with Gasteiger partial charge in [0.05, 0.1) is 0 Å². The van der Waals surface area contributed by atoms with Gasteiger partial charge in [-0.1, -0.05) is 25.2 Å². The topological polar surface area (TPSA) is 98.7 Å². The molecular weight excluding hydrogens is 300 g/mol. The molecule has 2 rings (SSSR count). The van der Waals surface area contributed by atoms with E-state index >= 15 is 0 Å². The first-order chi connectivity index (χ1) is 10.5. The van der Waals surface area contributed by atoms with Gasteiger partial charge in [-0.05, 0) is 13.3 Å². The first-order valence-corrected chi connectivity index (χ1v) is 8.19. The van der Waals surface area contributed by atoms with Gasteiger partial charge in [-0.25, -0.2) is 4.98 Å². The van der Waals surface area contributed by atoms with Crippen molar-refractivity contribution in [3.8, 4) is 0 Å². The average molecular weight is 322 g/mol. The van der Waals surface area contributed by atoms with Crippen molar-refractivity contribution in [2.45, 2.75) is 45.6 Å². The van der Waals surface area contributed by atoms with E-state index < -0.39 is 0 Å². The monoisotopic (exact) mass is 322 g/mol. The molecule has 1 atom stereocenters. The highest BCUT2D eigenvalue weighted by Crippen LogP contribution is 2.17. The fourth-order valence-electron chi connectivity index (χ4n) is 2.19. The molecule has 1 amide bonds. The number of carbonyl (C=O) groups is 1. The molecule has 0 radical (unpaired) electrons. The van der Waals surface area contributed by atoms with Gasteiger partial charge in [0.25, 0.3) is 0 Å². The molecule has 22 heavy (non-hydrogen) atoms. The zero-order chi connectivity index (χ0) is 16.1. The van der Waals surface area contributed by atoms with Crippen LogP contribution in [0.4, 0.5) is 5.13 Å². The minimum atomic E-state index is -0.267. The number of hydrogen-bond acceptors (Lipinski definition) is 6. The predicted octanol–water partition coefficient (Wildman–Crippen LogP) is 1.75. The lowest BCUT2D eigenvalue weighted by Gasteiger charge is -2.17. The Bertz CT molecular complexity index is 620. The lowest BCUT2D eigenvalue weighted by Crippen LogP contribution is -2.32. The quantitative estimate of drug-likeness (QED) is 0.757. The number of aryl methyl sites for hydroxylation is 1. The van der Waals surface area contributed by atoms with Crippen molar-refractivity contribution >= 4 is 22.4 Å². The van der Waals surface area contributed by atoms with Gasteiger partial charge in [-0.3, -0.25) is 4.79 Å². The number of rotatable bonds is 7. The van der Waals surface area contributed by atoms with Gasteiger partial charge in [0.2, 0.25) is 11.0 Å². The SMILES string of the molecule is CC(C)c1nccn1[C@@H](C)C(=O)NCCCc1nnc(N)s1. The number of nitrogens with two attached hydrogens (primary N) is 1. The summed E-state index contributed by atoms with van der Waals surface area (Å²) < 4.78 is 1.92. The third-order valence-electron chi connectivity index (χ3n) is 3.36. The van der Waals surface area contributed by atoms with Crippen LogP contribution in [0, 0.1) is 0 Å². The highest BCUT2D eigenvalue weighted by atomic mass is 32.1. The zero-order valence-corrected chi connectivity index (χ0v) is 13.9. The second-order valence-electron chi connectivity index (χ2n) is 5.45. The number of nitrogens with one attached hydrogen (secondary N) is 1. The summed E-state index contributed by atoms with van der Waals surface area (Å²) in [5.41, 5.74) is 5.53. The predicted molar refractivity (Wildman–Crippen MR) is 86.7 cm³/mol. The first kappa shape index (κ1) is 16.4. The average Bonchev–Trinajstić information content (AvgIpc) is 3.11. The van der Waals surface area contributed by atoms with Gasteiger partial charge in [-0.2, -0.15) is 0 Å². The van der Waals surface area contributed by atoms with Crippen LogP contribution in [0.3, 0.4) is 0 Å². The molecule has 0 fully saturated rings. The Balaban J connectivity index is 1.80. The second kappa shape index (κ2) is 7.35. The van der Waals surface area contributed by atoms with E-state index in [-0.39, 0.29) is 17.9 Å². The minimum Gasteiger partial charge on any atom is -0.374 e. The van der Waals surface area contributed by atoms with Crippen LogP contribution in [0.1, 0.15) is 50.0 Å². The van der Waals surface area contributed by atoms with Crippen LogP contribution >= 0.6 is 11.3 Å². The van der Waals surface area contributed by atoms with Gasteiger partial charge in [-0.15, -0.1) is 10.2 Å². The van der Waals surface area contributed by atoms with Gasteiger partial charge < -0.3 is 15.6 Å². The Morgan fingerprint density at radius 3 is 2.82 bits per heavy atom. The van der Waals surface area contributed by atoms with Crippen molar-refractivity contribution in [2.75, 3.05) is 12.3 Å². The molecule has 2 aromatic rings. The fourth-order valence-corrected chi connectivity index (χ4v) is 2.84. The van der Waals surface area contributed by atoms with Crippen molar-refractivity contribution < 1.29 is 4.79 Å². The third kappa shape index (κ3) is 4.03. The Morgan fingerprint density at radius 1 is 1.41 bits per heavy atom. The fraction of sp³-hybridized carbons (Fsp3) is 0.571. The summed E-state index contributed by atoms with van der Waals surface area (Å²) in [5.74, 6) is 1.21. The molecule has 0 unspecified atom stereocenters. The molecule has 2 aromatic heterocycles. The summed E-state index contributed by atoms with van der Waals surface area (Å²) in [4.78, 5) is 16.5. The summed E-state index contributed by atoms with van der Waals surface area (Å²) in [6.45, 7) is 6.62. The van der Waals surface area contributed by atoms with E-state index in [1.54, 1.807) is 6.20 Å². The smallest absolute Gasteiger partial charge is 0.242 e. The summed E-state index contributed by atoms with van der Waals surface area (Å²) in [5, 5.41) is 12.1. The van der Waals surface area contributed by atoms with Gasteiger partial charge in [0, 0.05) is 31.3 Å². The standard InChI is InChI=1S/C14H22N6OS/c1-9(2)12-16-7-8-20(12)10(3)13(21)17-6-4-5-11-18-19-14(15)22-11/h7-10H,4-6H2,1-3H3,(H2,15,19)(H,17,21)/t10-/m0/s1. The number of aromatic nitrogens is 4. The molecule has 0 saturated heterocycles. The largest absolute Gasteiger partial charge is 0.374 e. The highest BCUT2D eigenvalue weighted by Gasteiger charge is 2.18. The Morgan fingerprint density at radius 2 is 2.18 bits per heavy atom. The van der Waals surface area contributed by atoms with E-state index in [2.05, 4.69) is 34.3 Å². The van der Waals surface area contributed by atoms with E-state index in [0.29, 0.717) is 11.7 Å². The number of anilines is 1. The van der Waals surface area contributed by atoms with E-state index in [1.165, 1.54) is 11.3 Å². The highest BCUT2D eigenvalue weighted by molar-refractivity contribution is 7.15. The normalized spacial score (nSPS) is 12.5. The molecule has 0 spiro atoms. The maximum absolute atomic E-state index is 12.2. The summed E-state index contributed by atoms with van der Waals surface area (Å²) in [6, 6.07) is -0.267. The van der Waals surface area contributed by atoms with Crippen molar-refractivity contribution in [1.82, 2.24) is 25.1 Å². The zero-order valence-electron chi connectivity index (χ0n) is 13.1. The molecule has 2 heterocycles. The van der Waals surface area contributed by atoms with Crippen LogP contribution in [0.2, 0.25) is 0 Å². The maximum Gasteiger partial charge on any atom is 0.242 e. The number of carbonyl (C=O) groups excluding carboxylic acids is 1. The third-order valence-corrected chi connectivity index (χ3v) is 4.17. The number of nitrogens with zero attached hydrogens (tertiary/aromatic N) is 4. The Labute approximate surface area is 134 Å². The molecule has 3 N–H and O–H groups in total. The summed E-state index contributed by atoms with van der Waals surface area (Å²) in [6.07, 6.45) is 5.17. The lowest BCUT2D eigenvalue weighted by atomic mass is 10.2. The summed E-state index contributed by atoms with van der Waals surface area (Å²) in [7, 11) is 0. The first-order valence-electron chi connectivity index (χ1n) is 7.37. The summed E-state index contributed by atoms with van der Waals surface area (Å²) >= 11 is 1.39. The molecule has 0 aliphatic rings. The molecule has 120 valence electrons. The molecule has 0 bridgehead atoms. The number of imidazole rings is 1. The van der Waals surface area contributed by atoms with E-state index in [0.717, 1.165) is 23.7 Å². The maximum atomic E-state index is 12.2. The Hall–Kier alpha value is -1.96. The van der Waals surface area contributed by atoms with Crippen LogP contribution in [0.15, 0.2) is 12.4 Å². The van der Waals surface area contributed by atoms with Crippen molar-refractivity contribution in [2.24, 2.45) is 0 Å². The van der Waals surface area contributed by atoms with Gasteiger partial charge in [0.15, 0.2) is 0 Å². The van der Waals surface area contributed by atoms with Crippen LogP contribution in [0.25, 0.3) is 0 Å². The van der Waals surface area contributed by atoms with E-state index in [9.17, 15) is 4.79 Å². The molecular formula is C14H22N6OS. The molecule has 7 nitrogen and oxygen atoms in total. The minimum absolute atomic E-state index is 0.00308. The molecule has 0 aliphatic heterocycles. The van der Waals surface area contributed by atoms with E-state index in [1.807, 2.05) is 17.7 Å². The van der Waals surface area contributed by atoms with Crippen LogP contribution in [-0.4, -0.2) is 32.2 Å². The van der Waals surface area contributed by atoms with Crippen LogP contribution in [-0.2, 0) is 11.2 Å². The van der Waals surface area contributed by atoms with Crippen LogP contribution in [0.5, 0.6) is 0 Å². The lowest BCUT2D eigenvalue weighted by molar-refractivity contribution is -0.123. The van der Waals surface area contributed by atoms with Crippen molar-refractivity contribution in [3.05, 3.63) is 23.2 Å². The van der Waals surface area contributed by atoms with Gasteiger partial charge >= 0.3 is 0 Å². The van der Waals surface area contributed by atoms with Crippen molar-refractivity contribution in [3.63, 3.8) is 0 Å². The number of hydrogen-bond donors (Lipinski definition) is 2. The van der Waals surface area contributed by atoms with Crippen LogP contribution < -0.4 is 11.1 Å². The second-order valence-corrected chi connectivity index (χ2v) is 6.55. The van der Waals surface area contributed by atoms with Crippen molar-refractivity contribution in [1.29, 1.82) is 0 Å². The molecule has 8 heteroatoms. The van der Waals surface area contributed by atoms with E-state index in [4.69, 9.17) is 5.73 Å². The number of amides is 1. The van der Waals surface area contributed by atoms with Gasteiger partial charge in [0.1, 0.15) is 16.9 Å². The molecule has 0 saturated carbocycles.